The Balaban J connectivity index is 1.65. The Labute approximate surface area is 136 Å². The molecule has 1 aromatic rings. The molecule has 2 aliphatic rings. The fraction of sp³-hybridized carbons (Fsp3) is 0.588. The van der Waals surface area contributed by atoms with Crippen LogP contribution in [-0.4, -0.2) is 41.9 Å². The highest BCUT2D eigenvalue weighted by atomic mass is 16.6. The van der Waals surface area contributed by atoms with Gasteiger partial charge in [-0.15, -0.1) is 0 Å². The van der Waals surface area contributed by atoms with Crippen LogP contribution in [0.3, 0.4) is 0 Å². The Morgan fingerprint density at radius 3 is 2.74 bits per heavy atom. The highest BCUT2D eigenvalue weighted by molar-refractivity contribution is 5.79. The molecule has 2 saturated heterocycles. The second kappa shape index (κ2) is 7.08. The Kier molecular flexibility index (Phi) is 4.91. The van der Waals surface area contributed by atoms with Crippen molar-refractivity contribution in [3.63, 3.8) is 0 Å². The highest BCUT2D eigenvalue weighted by Gasteiger charge is 2.33. The van der Waals surface area contributed by atoms with Crippen LogP contribution in [0, 0.1) is 16.0 Å². The first-order chi connectivity index (χ1) is 11.1. The van der Waals surface area contributed by atoms with Gasteiger partial charge in [-0.1, -0.05) is 12.1 Å². The van der Waals surface area contributed by atoms with E-state index in [1.807, 2.05) is 17.0 Å². The van der Waals surface area contributed by atoms with Crippen LogP contribution in [0.15, 0.2) is 24.3 Å². The number of nitro benzene ring substituents is 1. The molecule has 23 heavy (non-hydrogen) atoms. The fourth-order valence-electron chi connectivity index (χ4n) is 3.83. The molecule has 2 heterocycles. The molecule has 0 bridgehead atoms. The summed E-state index contributed by atoms with van der Waals surface area (Å²) in [6, 6.07) is 6.94. The van der Waals surface area contributed by atoms with Gasteiger partial charge in [-0.25, -0.2) is 0 Å². The average Bonchev–Trinajstić information content (AvgIpc) is 3.09. The molecule has 1 amide bonds. The van der Waals surface area contributed by atoms with Gasteiger partial charge in [0.05, 0.1) is 29.5 Å². The van der Waals surface area contributed by atoms with Crippen molar-refractivity contribution in [2.75, 3.05) is 26.2 Å². The summed E-state index contributed by atoms with van der Waals surface area (Å²) in [4.78, 5) is 26.7. The average molecular weight is 318 g/mol. The number of piperidine rings is 1. The summed E-state index contributed by atoms with van der Waals surface area (Å²) in [5.74, 6) is 0.377. The van der Waals surface area contributed by atoms with E-state index in [-0.39, 0.29) is 16.5 Å². The molecule has 2 fully saturated rings. The Hall–Kier alpha value is -1.95. The third kappa shape index (κ3) is 3.69. The van der Waals surface area contributed by atoms with Gasteiger partial charge in [-0.3, -0.25) is 14.9 Å². The van der Waals surface area contributed by atoms with Crippen molar-refractivity contribution in [1.29, 1.82) is 0 Å². The van der Waals surface area contributed by atoms with E-state index in [9.17, 15) is 14.9 Å². The van der Waals surface area contributed by atoms with E-state index >= 15 is 0 Å². The molecule has 2 unspecified atom stereocenters. The van der Waals surface area contributed by atoms with E-state index in [1.165, 1.54) is 4.90 Å². The number of para-hydroxylation sites is 1. The molecule has 1 N–H and O–H groups in total. The van der Waals surface area contributed by atoms with Crippen LogP contribution in [0.2, 0.25) is 0 Å². The first-order valence-corrected chi connectivity index (χ1v) is 8.50. The lowest BCUT2D eigenvalue weighted by molar-refractivity contribution is -0.921. The van der Waals surface area contributed by atoms with Crippen LogP contribution < -0.4 is 4.90 Å². The zero-order valence-electron chi connectivity index (χ0n) is 13.4. The van der Waals surface area contributed by atoms with Crippen molar-refractivity contribution < 1.29 is 14.6 Å². The molecule has 0 aliphatic carbocycles. The van der Waals surface area contributed by atoms with Gasteiger partial charge in [0, 0.05) is 19.2 Å². The van der Waals surface area contributed by atoms with Gasteiger partial charge in [0.15, 0.2) is 0 Å². The Bertz CT molecular complexity index is 584. The van der Waals surface area contributed by atoms with E-state index in [4.69, 9.17) is 0 Å². The van der Waals surface area contributed by atoms with Gasteiger partial charge >= 0.3 is 0 Å². The number of benzene rings is 1. The van der Waals surface area contributed by atoms with Gasteiger partial charge in [0.1, 0.15) is 6.54 Å². The first kappa shape index (κ1) is 15.9. The SMILES string of the molecule is O=C(C1CCC[NH+](Cc2ccccc2[N+](=O)[O-])C1)N1CCCC1. The Morgan fingerprint density at radius 1 is 1.26 bits per heavy atom. The number of nitrogens with zero attached hydrogens (tertiary/aromatic N) is 2. The van der Waals surface area contributed by atoms with Crippen molar-refractivity contribution in [3.05, 3.63) is 39.9 Å². The lowest BCUT2D eigenvalue weighted by Crippen LogP contribution is -3.12. The summed E-state index contributed by atoms with van der Waals surface area (Å²) in [6.45, 7) is 4.20. The van der Waals surface area contributed by atoms with Crippen LogP contribution in [0.25, 0.3) is 0 Å². The second-order valence-electron chi connectivity index (χ2n) is 6.64. The summed E-state index contributed by atoms with van der Waals surface area (Å²) < 4.78 is 0. The second-order valence-corrected chi connectivity index (χ2v) is 6.64. The number of rotatable bonds is 4. The Morgan fingerprint density at radius 2 is 2.00 bits per heavy atom. The highest BCUT2D eigenvalue weighted by Crippen LogP contribution is 2.19. The molecule has 2 atom stereocenters. The zero-order valence-corrected chi connectivity index (χ0v) is 13.4. The normalized spacial score (nSPS) is 24.6. The maximum Gasteiger partial charge on any atom is 0.278 e. The summed E-state index contributed by atoms with van der Waals surface area (Å²) in [7, 11) is 0. The standard InChI is InChI=1S/C17H23N3O3/c21-17(19-10-3-4-11-19)15-7-5-9-18(13-15)12-14-6-1-2-8-16(14)20(22)23/h1-2,6,8,15H,3-5,7,9-13H2/p+1. The zero-order chi connectivity index (χ0) is 16.2. The fourth-order valence-corrected chi connectivity index (χ4v) is 3.83. The van der Waals surface area contributed by atoms with Gasteiger partial charge in [-0.05, 0) is 31.7 Å². The minimum atomic E-state index is -0.314. The molecule has 124 valence electrons. The lowest BCUT2D eigenvalue weighted by Gasteiger charge is -2.31. The number of nitro groups is 1. The topological polar surface area (TPSA) is 67.9 Å². The number of hydrogen-bond donors (Lipinski definition) is 1. The minimum Gasteiger partial charge on any atom is -0.342 e. The molecule has 6 heteroatoms. The number of carbonyl (C=O) groups excluding carboxylic acids is 1. The molecule has 0 radical (unpaired) electrons. The van der Waals surface area contributed by atoms with Crippen LogP contribution in [0.1, 0.15) is 31.2 Å². The van der Waals surface area contributed by atoms with E-state index < -0.39 is 0 Å². The van der Waals surface area contributed by atoms with Crippen LogP contribution in [0.5, 0.6) is 0 Å². The number of amides is 1. The molecule has 0 spiro atoms. The molecular formula is C17H24N3O3+. The lowest BCUT2D eigenvalue weighted by atomic mass is 9.96. The first-order valence-electron chi connectivity index (χ1n) is 8.50. The van der Waals surface area contributed by atoms with Gasteiger partial charge in [-0.2, -0.15) is 0 Å². The van der Waals surface area contributed by atoms with Gasteiger partial charge in [0.25, 0.3) is 5.69 Å². The number of hydrogen-bond acceptors (Lipinski definition) is 3. The van der Waals surface area contributed by atoms with E-state index in [0.29, 0.717) is 12.5 Å². The summed E-state index contributed by atoms with van der Waals surface area (Å²) in [5.41, 5.74) is 0.953. The van der Waals surface area contributed by atoms with E-state index in [2.05, 4.69) is 0 Å². The molecule has 1 aromatic carbocycles. The largest absolute Gasteiger partial charge is 0.342 e. The predicted octanol–water partition coefficient (Wildman–Crippen LogP) is 1.01. The smallest absolute Gasteiger partial charge is 0.278 e. The summed E-state index contributed by atoms with van der Waals surface area (Å²) >= 11 is 0. The molecule has 2 aliphatic heterocycles. The van der Waals surface area contributed by atoms with E-state index in [1.54, 1.807) is 12.1 Å². The minimum absolute atomic E-state index is 0.0830. The molecule has 0 saturated carbocycles. The third-order valence-corrected chi connectivity index (χ3v) is 5.01. The maximum atomic E-state index is 12.6. The number of likely N-dealkylation sites (tertiary alicyclic amines) is 2. The van der Waals surface area contributed by atoms with E-state index in [0.717, 1.165) is 57.4 Å². The van der Waals surface area contributed by atoms with Crippen molar-refractivity contribution >= 4 is 11.6 Å². The van der Waals surface area contributed by atoms with Gasteiger partial charge < -0.3 is 9.80 Å². The van der Waals surface area contributed by atoms with Crippen LogP contribution in [-0.2, 0) is 11.3 Å². The predicted molar refractivity (Wildman–Crippen MR) is 86.0 cm³/mol. The number of carbonyl (C=O) groups is 1. The molecule has 3 rings (SSSR count). The van der Waals surface area contributed by atoms with Gasteiger partial charge in [0.2, 0.25) is 5.91 Å². The summed E-state index contributed by atoms with van der Waals surface area (Å²) in [6.07, 6.45) is 4.20. The molecular weight excluding hydrogens is 294 g/mol. The van der Waals surface area contributed by atoms with Crippen molar-refractivity contribution in [3.8, 4) is 0 Å². The quantitative estimate of drug-likeness (QED) is 0.665. The number of nitrogens with one attached hydrogen (secondary N) is 1. The van der Waals surface area contributed by atoms with Crippen LogP contribution in [0.4, 0.5) is 5.69 Å². The summed E-state index contributed by atoms with van der Waals surface area (Å²) in [5, 5.41) is 11.1. The maximum absolute atomic E-state index is 12.6. The number of quaternary nitrogens is 1. The van der Waals surface area contributed by atoms with Crippen LogP contribution >= 0.6 is 0 Å². The van der Waals surface area contributed by atoms with Crippen molar-refractivity contribution in [1.82, 2.24) is 4.90 Å². The molecule has 0 aromatic heterocycles. The third-order valence-electron chi connectivity index (χ3n) is 5.01. The van der Waals surface area contributed by atoms with Crippen molar-refractivity contribution in [2.45, 2.75) is 32.2 Å². The molecule has 6 nitrogen and oxygen atoms in total. The van der Waals surface area contributed by atoms with Crippen molar-refractivity contribution in [2.24, 2.45) is 5.92 Å². The monoisotopic (exact) mass is 318 g/mol.